The molecule has 0 radical (unpaired) electrons. The second-order valence-electron chi connectivity index (χ2n) is 4.93. The first-order chi connectivity index (χ1) is 11.4. The molecule has 0 aliphatic rings. The molecule has 0 unspecified atom stereocenters. The molecule has 0 bridgehead atoms. The quantitative estimate of drug-likeness (QED) is 0.778. The number of furan rings is 1. The number of fused-ring (bicyclic) bond motifs is 1. The van der Waals surface area contributed by atoms with Crippen molar-refractivity contribution in [3.63, 3.8) is 0 Å². The summed E-state index contributed by atoms with van der Waals surface area (Å²) in [6.07, 6.45) is 0. The third kappa shape index (κ3) is 3.00. The molecule has 5 nitrogen and oxygen atoms in total. The van der Waals surface area contributed by atoms with Gasteiger partial charge in [0.25, 0.3) is 5.91 Å². The van der Waals surface area contributed by atoms with Crippen molar-refractivity contribution in [3.05, 3.63) is 60.4 Å². The predicted octanol–water partition coefficient (Wildman–Crippen LogP) is 3.68. The molecule has 0 saturated heterocycles. The first-order valence-electron chi connectivity index (χ1n) is 6.80. The number of sulfone groups is 1. The van der Waals surface area contributed by atoms with Gasteiger partial charge in [-0.05, 0) is 36.4 Å². The smallest absolute Gasteiger partial charge is 0.341 e. The van der Waals surface area contributed by atoms with Gasteiger partial charge in [-0.25, -0.2) is 8.42 Å². The normalized spacial score (nSPS) is 11.8. The van der Waals surface area contributed by atoms with Crippen LogP contribution in [-0.4, -0.2) is 20.1 Å². The highest BCUT2D eigenvalue weighted by molar-refractivity contribution is 7.91. The molecular weight excluding hydrogens is 340 g/mol. The van der Waals surface area contributed by atoms with Gasteiger partial charge in [0.05, 0.1) is 4.90 Å². The Bertz CT molecular complexity index is 961. The molecule has 0 fully saturated rings. The lowest BCUT2D eigenvalue weighted by Crippen LogP contribution is -2.13. The number of hydrogen-bond acceptors (Lipinski definition) is 4. The van der Waals surface area contributed by atoms with E-state index in [0.29, 0.717) is 5.58 Å². The topological polar surface area (TPSA) is 76.4 Å². The fourth-order valence-electron chi connectivity index (χ4n) is 2.12. The van der Waals surface area contributed by atoms with Gasteiger partial charge in [-0.3, -0.25) is 4.79 Å². The molecule has 0 aliphatic heterocycles. The van der Waals surface area contributed by atoms with Crippen LogP contribution in [0.2, 0.25) is 0 Å². The van der Waals surface area contributed by atoms with Crippen molar-refractivity contribution in [1.82, 2.24) is 0 Å². The molecule has 1 N–H and O–H groups in total. The van der Waals surface area contributed by atoms with E-state index in [0.717, 1.165) is 17.5 Å². The summed E-state index contributed by atoms with van der Waals surface area (Å²) >= 11 is 0. The Kier molecular flexibility index (Phi) is 4.06. The van der Waals surface area contributed by atoms with E-state index < -0.39 is 26.4 Å². The SMILES string of the molecule is O=C(Nc1ccc(S(=O)(=O)C(F)F)cc1)c1cc2ccccc2o1. The predicted molar refractivity (Wildman–Crippen MR) is 83.8 cm³/mol. The monoisotopic (exact) mass is 351 g/mol. The Morgan fingerprint density at radius 1 is 1.04 bits per heavy atom. The maximum Gasteiger partial charge on any atom is 0.341 e. The van der Waals surface area contributed by atoms with E-state index >= 15 is 0 Å². The van der Waals surface area contributed by atoms with E-state index in [2.05, 4.69) is 5.32 Å². The Morgan fingerprint density at radius 3 is 2.33 bits per heavy atom. The van der Waals surface area contributed by atoms with Crippen LogP contribution >= 0.6 is 0 Å². The van der Waals surface area contributed by atoms with E-state index in [4.69, 9.17) is 4.42 Å². The molecule has 0 atom stereocenters. The Hall–Kier alpha value is -2.74. The van der Waals surface area contributed by atoms with Crippen LogP contribution in [0.5, 0.6) is 0 Å². The van der Waals surface area contributed by atoms with Gasteiger partial charge in [-0.1, -0.05) is 18.2 Å². The summed E-state index contributed by atoms with van der Waals surface area (Å²) in [5.74, 6) is -3.94. The number of carbonyl (C=O) groups is 1. The van der Waals surface area contributed by atoms with Crippen LogP contribution in [0.4, 0.5) is 14.5 Å². The number of hydrogen-bond donors (Lipinski definition) is 1. The van der Waals surface area contributed by atoms with Gasteiger partial charge in [-0.2, -0.15) is 8.78 Å². The number of alkyl halides is 2. The first kappa shape index (κ1) is 16.1. The molecule has 2 aromatic carbocycles. The highest BCUT2D eigenvalue weighted by Crippen LogP contribution is 2.22. The Labute approximate surface area is 135 Å². The van der Waals surface area contributed by atoms with Crippen LogP contribution < -0.4 is 5.32 Å². The number of anilines is 1. The average Bonchev–Trinajstić information content (AvgIpc) is 2.99. The molecule has 3 rings (SSSR count). The number of carbonyl (C=O) groups excluding carboxylic acids is 1. The van der Waals surface area contributed by atoms with Gasteiger partial charge in [0.15, 0.2) is 5.76 Å². The van der Waals surface area contributed by atoms with Crippen molar-refractivity contribution in [1.29, 1.82) is 0 Å². The molecule has 0 spiro atoms. The summed E-state index contributed by atoms with van der Waals surface area (Å²) in [7, 11) is -4.66. The van der Waals surface area contributed by atoms with Crippen LogP contribution in [0.3, 0.4) is 0 Å². The van der Waals surface area contributed by atoms with Crippen molar-refractivity contribution < 1.29 is 26.4 Å². The highest BCUT2D eigenvalue weighted by atomic mass is 32.2. The van der Waals surface area contributed by atoms with Crippen molar-refractivity contribution >= 4 is 32.4 Å². The van der Waals surface area contributed by atoms with Crippen molar-refractivity contribution in [3.8, 4) is 0 Å². The highest BCUT2D eigenvalue weighted by Gasteiger charge is 2.26. The van der Waals surface area contributed by atoms with Gasteiger partial charge >= 0.3 is 5.76 Å². The zero-order valence-electron chi connectivity index (χ0n) is 12.1. The lowest BCUT2D eigenvalue weighted by atomic mass is 10.2. The summed E-state index contributed by atoms with van der Waals surface area (Å²) in [6.45, 7) is 0. The van der Waals surface area contributed by atoms with Crippen molar-refractivity contribution in [2.75, 3.05) is 5.32 Å². The molecule has 8 heteroatoms. The second kappa shape index (κ2) is 6.04. The van der Waals surface area contributed by atoms with Crippen molar-refractivity contribution in [2.24, 2.45) is 0 Å². The molecule has 1 amide bonds. The van der Waals surface area contributed by atoms with Crippen LogP contribution in [0, 0.1) is 0 Å². The molecule has 24 heavy (non-hydrogen) atoms. The fraction of sp³-hybridized carbons (Fsp3) is 0.0625. The zero-order chi connectivity index (χ0) is 17.3. The van der Waals surface area contributed by atoms with Crippen LogP contribution in [0.15, 0.2) is 63.9 Å². The lowest BCUT2D eigenvalue weighted by molar-refractivity contribution is 0.0998. The first-order valence-corrected chi connectivity index (χ1v) is 8.34. The molecule has 1 aromatic heterocycles. The van der Waals surface area contributed by atoms with E-state index in [1.54, 1.807) is 24.3 Å². The minimum atomic E-state index is -4.66. The minimum absolute atomic E-state index is 0.0838. The summed E-state index contributed by atoms with van der Waals surface area (Å²) in [5, 5.41) is 3.28. The molecule has 124 valence electrons. The number of halogens is 2. The van der Waals surface area contributed by atoms with Gasteiger partial charge in [-0.15, -0.1) is 0 Å². The van der Waals surface area contributed by atoms with Gasteiger partial charge in [0.1, 0.15) is 5.58 Å². The largest absolute Gasteiger partial charge is 0.451 e. The van der Waals surface area contributed by atoms with Crippen LogP contribution in [0.1, 0.15) is 10.6 Å². The van der Waals surface area contributed by atoms with E-state index in [9.17, 15) is 22.0 Å². The molecule has 0 aliphatic carbocycles. The molecular formula is C16H11F2NO4S. The number of amides is 1. The molecule has 3 aromatic rings. The number of rotatable bonds is 4. The third-order valence-corrected chi connectivity index (χ3v) is 4.72. The summed E-state index contributed by atoms with van der Waals surface area (Å²) in [5.41, 5.74) is 0.815. The Morgan fingerprint density at radius 2 is 1.71 bits per heavy atom. The number of nitrogens with one attached hydrogen (secondary N) is 1. The maximum atomic E-state index is 12.5. The van der Waals surface area contributed by atoms with Gasteiger partial charge in [0, 0.05) is 11.1 Å². The molecule has 0 saturated carbocycles. The van der Waals surface area contributed by atoms with Crippen molar-refractivity contribution in [2.45, 2.75) is 10.7 Å². The number of para-hydroxylation sites is 1. The van der Waals surface area contributed by atoms with Crippen LogP contribution in [-0.2, 0) is 9.84 Å². The van der Waals surface area contributed by atoms with E-state index in [-0.39, 0.29) is 11.4 Å². The average molecular weight is 351 g/mol. The lowest BCUT2D eigenvalue weighted by Gasteiger charge is -2.06. The summed E-state index contributed by atoms with van der Waals surface area (Å²) < 4.78 is 53.0. The summed E-state index contributed by atoms with van der Waals surface area (Å²) in [6, 6.07) is 13.1. The van der Waals surface area contributed by atoms with Gasteiger partial charge < -0.3 is 9.73 Å². The third-order valence-electron chi connectivity index (χ3n) is 3.32. The minimum Gasteiger partial charge on any atom is -0.451 e. The van der Waals surface area contributed by atoms with Gasteiger partial charge in [0.2, 0.25) is 9.84 Å². The van der Waals surface area contributed by atoms with Crippen LogP contribution in [0.25, 0.3) is 11.0 Å². The fourth-order valence-corrected chi connectivity index (χ4v) is 2.84. The standard InChI is InChI=1S/C16H11F2NO4S/c17-16(18)24(21,22)12-7-5-11(6-8-12)19-15(20)14-9-10-3-1-2-4-13(10)23-14/h1-9,16H,(H,19,20). The summed E-state index contributed by atoms with van der Waals surface area (Å²) in [4.78, 5) is 11.6. The number of benzene rings is 2. The molecule has 1 heterocycles. The second-order valence-corrected chi connectivity index (χ2v) is 6.85. The zero-order valence-corrected chi connectivity index (χ0v) is 12.9. The van der Waals surface area contributed by atoms with E-state index in [1.165, 1.54) is 12.1 Å². The maximum absolute atomic E-state index is 12.5. The van der Waals surface area contributed by atoms with E-state index in [1.807, 2.05) is 6.07 Å². The Balaban J connectivity index is 1.79.